The average Bonchev–Trinajstić information content (AvgIpc) is 3.29. The van der Waals surface area contributed by atoms with Crippen LogP contribution in [0.5, 0.6) is 0 Å². The second kappa shape index (κ2) is 11.6. The Kier molecular flexibility index (Phi) is 8.78. The highest BCUT2D eigenvalue weighted by Gasteiger charge is 2.35. The second-order valence-corrected chi connectivity index (χ2v) is 10.3. The fourth-order valence-electron chi connectivity index (χ4n) is 3.54. The van der Waals surface area contributed by atoms with Crippen molar-refractivity contribution in [1.82, 2.24) is 19.8 Å². The van der Waals surface area contributed by atoms with Crippen molar-refractivity contribution in [2.45, 2.75) is 43.3 Å². The molecule has 0 aliphatic heterocycles. The summed E-state index contributed by atoms with van der Waals surface area (Å²) in [6.07, 6.45) is -4.07. The van der Waals surface area contributed by atoms with Gasteiger partial charge < -0.3 is 16.8 Å². The Balaban J connectivity index is 1.74. The molecule has 3 rings (SSSR count). The van der Waals surface area contributed by atoms with Crippen LogP contribution in [0.15, 0.2) is 59.5 Å². The molecule has 0 saturated carbocycles. The Labute approximate surface area is 217 Å². The fraction of sp³-hybridized carbons (Fsp3) is 0.292. The molecule has 10 nitrogen and oxygen atoms in total. The van der Waals surface area contributed by atoms with E-state index in [1.807, 2.05) is 11.6 Å². The molecule has 7 N–H and O–H groups in total. The van der Waals surface area contributed by atoms with Gasteiger partial charge in [-0.2, -0.15) is 18.3 Å². The summed E-state index contributed by atoms with van der Waals surface area (Å²) in [6.45, 7) is 2.09. The minimum absolute atomic E-state index is 0.0987. The molecule has 0 spiro atoms. The molecule has 204 valence electrons. The monoisotopic (exact) mass is 551 g/mol. The standard InChI is InChI=1S/C24H28F3N7O3S/c1-15-5-7-16(8-6-15)20-13-21(24(25,26)27)32-34(20)18-9-11-19(12-10-18)38(36,37)33-22(35)4-2-3-17(28)14-31-23(29)30/h5-13,17H,2-4,14,28H2,1H3,(H,33,35)(H4,29,30,31). The van der Waals surface area contributed by atoms with Gasteiger partial charge in [-0.15, -0.1) is 0 Å². The predicted octanol–water partition coefficient (Wildman–Crippen LogP) is 2.65. The molecule has 3 aromatic rings. The van der Waals surface area contributed by atoms with Crippen LogP contribution in [-0.4, -0.2) is 42.7 Å². The number of carbonyl (C=O) groups excluding carboxylic acids is 1. The zero-order valence-corrected chi connectivity index (χ0v) is 21.2. The van der Waals surface area contributed by atoms with E-state index in [1.54, 1.807) is 24.3 Å². The second-order valence-electron chi connectivity index (χ2n) is 8.66. The normalized spacial score (nSPS) is 12.7. The Bertz CT molecular complexity index is 1390. The molecule has 0 aliphatic carbocycles. The summed E-state index contributed by atoms with van der Waals surface area (Å²) in [5.41, 5.74) is 11.7. The summed E-state index contributed by atoms with van der Waals surface area (Å²) in [5.74, 6) is -0.959. The minimum Gasteiger partial charge on any atom is -0.370 e. The first kappa shape index (κ1) is 28.7. The van der Waals surface area contributed by atoms with Crippen molar-refractivity contribution >= 4 is 21.9 Å². The maximum atomic E-state index is 13.4. The van der Waals surface area contributed by atoms with Crippen molar-refractivity contribution in [3.8, 4) is 16.9 Å². The molecule has 14 heteroatoms. The number of halogens is 3. The van der Waals surface area contributed by atoms with Gasteiger partial charge in [0.05, 0.1) is 16.3 Å². The highest BCUT2D eigenvalue weighted by molar-refractivity contribution is 7.90. The molecule has 1 aromatic heterocycles. The highest BCUT2D eigenvalue weighted by Crippen LogP contribution is 2.33. The third-order valence-electron chi connectivity index (χ3n) is 5.52. The van der Waals surface area contributed by atoms with Gasteiger partial charge in [-0.05, 0) is 50.1 Å². The number of carbonyl (C=O) groups is 1. The van der Waals surface area contributed by atoms with E-state index >= 15 is 0 Å². The number of aryl methyl sites for hydroxylation is 1. The van der Waals surface area contributed by atoms with Crippen molar-refractivity contribution in [3.63, 3.8) is 0 Å². The molecular weight excluding hydrogens is 523 g/mol. The molecular formula is C24H28F3N7O3S. The lowest BCUT2D eigenvalue weighted by molar-refractivity contribution is -0.141. The molecule has 2 aromatic carbocycles. The Morgan fingerprint density at radius 3 is 2.34 bits per heavy atom. The van der Waals surface area contributed by atoms with Gasteiger partial charge in [0.1, 0.15) is 0 Å². The molecule has 0 aliphatic rings. The number of nitrogens with two attached hydrogens (primary N) is 2. The van der Waals surface area contributed by atoms with E-state index in [0.717, 1.165) is 16.3 Å². The van der Waals surface area contributed by atoms with Crippen molar-refractivity contribution in [3.05, 3.63) is 65.9 Å². The van der Waals surface area contributed by atoms with Gasteiger partial charge in [0.15, 0.2) is 11.7 Å². The Morgan fingerprint density at radius 2 is 1.76 bits per heavy atom. The van der Waals surface area contributed by atoms with E-state index in [9.17, 15) is 26.4 Å². The molecule has 38 heavy (non-hydrogen) atoms. The lowest BCUT2D eigenvalue weighted by atomic mass is 10.1. The average molecular weight is 552 g/mol. The Hall–Kier alpha value is -3.91. The molecule has 1 heterocycles. The van der Waals surface area contributed by atoms with Crippen LogP contribution in [0, 0.1) is 12.3 Å². The maximum absolute atomic E-state index is 13.4. The van der Waals surface area contributed by atoms with E-state index in [4.69, 9.17) is 16.9 Å². The van der Waals surface area contributed by atoms with Crippen LogP contribution in [0.1, 0.15) is 30.5 Å². The van der Waals surface area contributed by atoms with E-state index in [0.29, 0.717) is 18.4 Å². The van der Waals surface area contributed by atoms with Gasteiger partial charge in [0.25, 0.3) is 10.0 Å². The summed E-state index contributed by atoms with van der Waals surface area (Å²) >= 11 is 0. The van der Waals surface area contributed by atoms with Crippen LogP contribution in [0.2, 0.25) is 0 Å². The number of aromatic nitrogens is 2. The maximum Gasteiger partial charge on any atom is 0.435 e. The largest absolute Gasteiger partial charge is 0.435 e. The number of hydrogen-bond acceptors (Lipinski definition) is 6. The van der Waals surface area contributed by atoms with Crippen LogP contribution >= 0.6 is 0 Å². The van der Waals surface area contributed by atoms with E-state index < -0.39 is 27.8 Å². The van der Waals surface area contributed by atoms with Crippen LogP contribution in [0.4, 0.5) is 13.2 Å². The van der Waals surface area contributed by atoms with Crippen LogP contribution in [0.3, 0.4) is 0 Å². The van der Waals surface area contributed by atoms with Gasteiger partial charge in [-0.25, -0.2) is 17.8 Å². The van der Waals surface area contributed by atoms with Gasteiger partial charge >= 0.3 is 6.18 Å². The molecule has 1 amide bonds. The number of rotatable bonds is 10. The summed E-state index contributed by atoms with van der Waals surface area (Å²) in [7, 11) is -4.21. The molecule has 1 atom stereocenters. The smallest absolute Gasteiger partial charge is 0.370 e. The number of nitrogens with one attached hydrogen (secondary N) is 3. The van der Waals surface area contributed by atoms with Crippen molar-refractivity contribution < 1.29 is 26.4 Å². The zero-order valence-electron chi connectivity index (χ0n) is 20.4. The predicted molar refractivity (Wildman–Crippen MR) is 136 cm³/mol. The molecule has 1 unspecified atom stereocenters. The number of guanidine groups is 1. The fourth-order valence-corrected chi connectivity index (χ4v) is 4.55. The lowest BCUT2D eigenvalue weighted by Crippen LogP contribution is -2.40. The SMILES string of the molecule is Cc1ccc(-c2cc(C(F)(F)F)nn2-c2ccc(S(=O)(=O)NC(=O)CCCC(N)CNC(=N)N)cc2)cc1. The summed E-state index contributed by atoms with van der Waals surface area (Å²) < 4.78 is 68.6. The Morgan fingerprint density at radius 1 is 1.13 bits per heavy atom. The number of benzene rings is 2. The van der Waals surface area contributed by atoms with Crippen molar-refractivity contribution in [2.75, 3.05) is 6.54 Å². The number of sulfonamides is 1. The molecule has 0 radical (unpaired) electrons. The summed E-state index contributed by atoms with van der Waals surface area (Å²) in [6, 6.07) is 12.4. The first-order valence-corrected chi connectivity index (χ1v) is 13.0. The van der Waals surface area contributed by atoms with E-state index in [2.05, 4.69) is 10.4 Å². The molecule has 0 saturated heterocycles. The summed E-state index contributed by atoms with van der Waals surface area (Å²) in [4.78, 5) is 11.9. The number of amides is 1. The highest BCUT2D eigenvalue weighted by atomic mass is 32.2. The van der Waals surface area contributed by atoms with Crippen LogP contribution < -0.4 is 21.5 Å². The van der Waals surface area contributed by atoms with Gasteiger partial charge in [0.2, 0.25) is 5.91 Å². The minimum atomic E-state index is -4.67. The summed E-state index contributed by atoms with van der Waals surface area (Å²) in [5, 5.41) is 13.3. The van der Waals surface area contributed by atoms with E-state index in [-0.39, 0.29) is 41.2 Å². The lowest BCUT2D eigenvalue weighted by Gasteiger charge is -2.12. The number of hydrogen-bond donors (Lipinski definition) is 5. The topological polar surface area (TPSA) is 169 Å². The third kappa shape index (κ3) is 7.55. The van der Waals surface area contributed by atoms with Crippen molar-refractivity contribution in [1.29, 1.82) is 5.41 Å². The molecule has 0 fully saturated rings. The van der Waals surface area contributed by atoms with Gasteiger partial charge in [0, 0.05) is 24.6 Å². The van der Waals surface area contributed by atoms with Crippen LogP contribution in [-0.2, 0) is 21.0 Å². The zero-order chi connectivity index (χ0) is 28.1. The first-order chi connectivity index (χ1) is 17.8. The third-order valence-corrected chi connectivity index (χ3v) is 6.91. The van der Waals surface area contributed by atoms with Crippen LogP contribution in [0.25, 0.3) is 16.9 Å². The quantitative estimate of drug-likeness (QED) is 0.191. The van der Waals surface area contributed by atoms with Gasteiger partial charge in [-0.3, -0.25) is 10.2 Å². The van der Waals surface area contributed by atoms with Gasteiger partial charge in [-0.1, -0.05) is 29.8 Å². The first-order valence-electron chi connectivity index (χ1n) is 11.5. The molecule has 0 bridgehead atoms. The van der Waals surface area contributed by atoms with E-state index in [1.165, 1.54) is 24.3 Å². The van der Waals surface area contributed by atoms with Crippen molar-refractivity contribution in [2.24, 2.45) is 11.5 Å². The number of nitrogens with zero attached hydrogens (tertiary/aromatic N) is 2. The number of alkyl halides is 3.